The van der Waals surface area contributed by atoms with E-state index in [0.717, 1.165) is 16.9 Å². The summed E-state index contributed by atoms with van der Waals surface area (Å²) in [4.78, 5) is 15.2. The fourth-order valence-electron chi connectivity index (χ4n) is 3.42. The van der Waals surface area contributed by atoms with E-state index in [-0.39, 0.29) is 26.7 Å². The summed E-state index contributed by atoms with van der Waals surface area (Å²) in [5.41, 5.74) is 0.571. The topological polar surface area (TPSA) is 97.8 Å². The van der Waals surface area contributed by atoms with Crippen molar-refractivity contribution in [2.75, 3.05) is 26.1 Å². The molecule has 10 heteroatoms. The van der Waals surface area contributed by atoms with Gasteiger partial charge in [0.1, 0.15) is 0 Å². The van der Waals surface area contributed by atoms with Gasteiger partial charge in [-0.3, -0.25) is 4.79 Å². The summed E-state index contributed by atoms with van der Waals surface area (Å²) in [6.45, 7) is 5.77. The molecule has 3 rings (SSSR count). The smallest absolute Gasteiger partial charge is 0.254 e. The zero-order valence-electron chi connectivity index (χ0n) is 16.3. The maximum atomic E-state index is 13.2. The van der Waals surface area contributed by atoms with Gasteiger partial charge in [0.25, 0.3) is 10.0 Å². The highest BCUT2D eigenvalue weighted by Crippen LogP contribution is 2.52. The molecule has 1 unspecified atom stereocenters. The highest BCUT2D eigenvalue weighted by molar-refractivity contribution is 7.91. The minimum Gasteiger partial charge on any atom is -0.493 e. The van der Waals surface area contributed by atoms with Crippen molar-refractivity contribution in [3.05, 3.63) is 30.0 Å². The molecule has 1 fully saturated rings. The number of carbonyl (C=O) groups is 1. The maximum absolute atomic E-state index is 13.2. The molecule has 152 valence electrons. The molecule has 1 atom stereocenters. The van der Waals surface area contributed by atoms with Gasteiger partial charge in [-0.1, -0.05) is 31.3 Å². The Labute approximate surface area is 168 Å². The number of amides is 1. The molecule has 0 spiro atoms. The molecular formula is C18H23N3O5S2. The number of sulfonamides is 1. The third-order valence-corrected chi connectivity index (χ3v) is 7.81. The van der Waals surface area contributed by atoms with E-state index in [0.29, 0.717) is 18.0 Å². The monoisotopic (exact) mass is 425 g/mol. The van der Waals surface area contributed by atoms with Gasteiger partial charge in [-0.15, -0.1) is 0 Å². The van der Waals surface area contributed by atoms with Crippen molar-refractivity contribution in [1.29, 1.82) is 0 Å². The minimum absolute atomic E-state index is 0.0947. The molecule has 1 aliphatic rings. The van der Waals surface area contributed by atoms with Gasteiger partial charge in [0.05, 0.1) is 26.5 Å². The normalized spacial score (nSPS) is 19.0. The third-order valence-electron chi connectivity index (χ3n) is 4.65. The second kappa shape index (κ2) is 7.34. The lowest BCUT2D eigenvalue weighted by molar-refractivity contribution is -0.114. The molecule has 1 aromatic heterocycles. The predicted molar refractivity (Wildman–Crippen MR) is 106 cm³/mol. The Morgan fingerprint density at radius 3 is 2.54 bits per heavy atom. The van der Waals surface area contributed by atoms with Gasteiger partial charge >= 0.3 is 0 Å². The van der Waals surface area contributed by atoms with Crippen molar-refractivity contribution in [3.8, 4) is 11.5 Å². The number of nitrogens with one attached hydrogen (secondary N) is 1. The van der Waals surface area contributed by atoms with Crippen LogP contribution in [0.1, 0.15) is 32.4 Å². The van der Waals surface area contributed by atoms with Crippen molar-refractivity contribution in [2.45, 2.75) is 31.0 Å². The second-order valence-electron chi connectivity index (χ2n) is 7.22. The molecule has 1 aliphatic heterocycles. The fourth-order valence-corrected chi connectivity index (χ4v) is 6.57. The van der Waals surface area contributed by atoms with E-state index in [9.17, 15) is 13.2 Å². The van der Waals surface area contributed by atoms with Crippen molar-refractivity contribution < 1.29 is 22.7 Å². The van der Waals surface area contributed by atoms with E-state index in [2.05, 4.69) is 10.3 Å². The lowest BCUT2D eigenvalue weighted by Crippen LogP contribution is -2.57. The quantitative estimate of drug-likeness (QED) is 0.764. The SMILES string of the molecule is COc1ccc(C2N(S(=O)(=O)c3cnc(NC(C)=O)s3)CC2(C)C)cc1OC. The van der Waals surface area contributed by atoms with Gasteiger partial charge in [0, 0.05) is 13.5 Å². The molecule has 28 heavy (non-hydrogen) atoms. The van der Waals surface area contributed by atoms with Gasteiger partial charge < -0.3 is 14.8 Å². The Morgan fingerprint density at radius 2 is 1.96 bits per heavy atom. The number of methoxy groups -OCH3 is 2. The van der Waals surface area contributed by atoms with Crippen LogP contribution in [0, 0.1) is 5.41 Å². The van der Waals surface area contributed by atoms with E-state index in [4.69, 9.17) is 9.47 Å². The van der Waals surface area contributed by atoms with Crippen LogP contribution in [-0.2, 0) is 14.8 Å². The second-order valence-corrected chi connectivity index (χ2v) is 10.4. The highest BCUT2D eigenvalue weighted by atomic mass is 32.2. The molecule has 0 bridgehead atoms. The van der Waals surface area contributed by atoms with Crippen LogP contribution in [0.2, 0.25) is 0 Å². The van der Waals surface area contributed by atoms with Crippen LogP contribution >= 0.6 is 11.3 Å². The summed E-state index contributed by atoms with van der Waals surface area (Å²) in [5.74, 6) is 0.831. The van der Waals surface area contributed by atoms with Crippen LogP contribution in [-0.4, -0.2) is 44.4 Å². The number of thiazole rings is 1. The number of anilines is 1. The Balaban J connectivity index is 1.96. The van der Waals surface area contributed by atoms with Gasteiger partial charge in [0.15, 0.2) is 20.8 Å². The number of hydrogen-bond acceptors (Lipinski definition) is 7. The Bertz CT molecular complexity index is 1000. The van der Waals surface area contributed by atoms with Gasteiger partial charge in [-0.2, -0.15) is 4.31 Å². The number of rotatable bonds is 6. The van der Waals surface area contributed by atoms with Gasteiger partial charge in [-0.05, 0) is 23.1 Å². The standard InChI is InChI=1S/C18H23N3O5S2/c1-11(22)20-17-19-9-15(27-17)28(23,24)21-10-18(2,3)16(21)12-6-7-13(25-4)14(8-12)26-5/h6-9,16H,10H2,1-5H3,(H,19,20,22). The predicted octanol–water partition coefficient (Wildman–Crippen LogP) is 2.89. The number of carbonyl (C=O) groups excluding carboxylic acids is 1. The number of nitrogens with zero attached hydrogens (tertiary/aromatic N) is 2. The van der Waals surface area contributed by atoms with Crippen molar-refractivity contribution in [1.82, 2.24) is 9.29 Å². The van der Waals surface area contributed by atoms with Crippen molar-refractivity contribution in [3.63, 3.8) is 0 Å². The van der Waals surface area contributed by atoms with E-state index in [1.165, 1.54) is 17.4 Å². The third kappa shape index (κ3) is 3.59. The first kappa shape index (κ1) is 20.6. The lowest BCUT2D eigenvalue weighted by Gasteiger charge is -2.53. The van der Waals surface area contributed by atoms with E-state index < -0.39 is 10.0 Å². The molecule has 1 saturated heterocycles. The van der Waals surface area contributed by atoms with Crippen molar-refractivity contribution >= 4 is 32.4 Å². The van der Waals surface area contributed by atoms with Gasteiger partial charge in [-0.25, -0.2) is 13.4 Å². The molecular weight excluding hydrogens is 402 g/mol. The average molecular weight is 426 g/mol. The number of ether oxygens (including phenoxy) is 2. The summed E-state index contributed by atoms with van der Waals surface area (Å²) in [5, 5.41) is 2.77. The average Bonchev–Trinajstić information content (AvgIpc) is 3.08. The van der Waals surface area contributed by atoms with Crippen molar-refractivity contribution in [2.24, 2.45) is 5.41 Å². The Kier molecular flexibility index (Phi) is 5.39. The molecule has 1 N–H and O–H groups in total. The first-order valence-corrected chi connectivity index (χ1v) is 10.8. The van der Waals surface area contributed by atoms with Crippen LogP contribution in [0.4, 0.5) is 5.13 Å². The first-order valence-electron chi connectivity index (χ1n) is 8.57. The number of aromatic nitrogens is 1. The molecule has 8 nitrogen and oxygen atoms in total. The first-order chi connectivity index (χ1) is 13.1. The summed E-state index contributed by atoms with van der Waals surface area (Å²) in [6.07, 6.45) is 1.28. The largest absolute Gasteiger partial charge is 0.493 e. The maximum Gasteiger partial charge on any atom is 0.254 e. The minimum atomic E-state index is -3.75. The molecule has 0 radical (unpaired) electrons. The molecule has 0 saturated carbocycles. The summed E-state index contributed by atoms with van der Waals surface area (Å²) >= 11 is 0.939. The van der Waals surface area contributed by atoms with Crippen LogP contribution < -0.4 is 14.8 Å². The zero-order chi connectivity index (χ0) is 20.7. The molecule has 0 aliphatic carbocycles. The summed E-state index contributed by atoms with van der Waals surface area (Å²) in [6, 6.07) is 5.07. The summed E-state index contributed by atoms with van der Waals surface area (Å²) in [7, 11) is -0.657. The van der Waals surface area contributed by atoms with Crippen LogP contribution in [0.15, 0.2) is 28.6 Å². The van der Waals surface area contributed by atoms with Crippen LogP contribution in [0.3, 0.4) is 0 Å². The molecule has 2 aromatic rings. The Hall–Kier alpha value is -2.17. The van der Waals surface area contributed by atoms with Crippen LogP contribution in [0.5, 0.6) is 11.5 Å². The zero-order valence-corrected chi connectivity index (χ0v) is 18.0. The van der Waals surface area contributed by atoms with Gasteiger partial charge in [0.2, 0.25) is 5.91 Å². The number of hydrogen-bond donors (Lipinski definition) is 1. The molecule has 2 heterocycles. The fraction of sp³-hybridized carbons (Fsp3) is 0.444. The molecule has 1 amide bonds. The highest BCUT2D eigenvalue weighted by Gasteiger charge is 2.53. The Morgan fingerprint density at radius 1 is 1.29 bits per heavy atom. The van der Waals surface area contributed by atoms with E-state index >= 15 is 0 Å². The van der Waals surface area contributed by atoms with Crippen LogP contribution in [0.25, 0.3) is 0 Å². The lowest BCUT2D eigenvalue weighted by atomic mass is 9.74. The van der Waals surface area contributed by atoms with E-state index in [1.54, 1.807) is 20.3 Å². The molecule has 1 aromatic carbocycles. The van der Waals surface area contributed by atoms with E-state index in [1.807, 2.05) is 26.0 Å². The number of benzene rings is 1. The summed E-state index contributed by atoms with van der Waals surface area (Å²) < 4.78 is 38.6.